The maximum absolute atomic E-state index is 11.8. The molecule has 118 valence electrons. The van der Waals surface area contributed by atoms with Crippen molar-refractivity contribution in [2.75, 3.05) is 39.5 Å². The quantitative estimate of drug-likeness (QED) is 0.652. The van der Waals surface area contributed by atoms with E-state index in [2.05, 4.69) is 15.4 Å². The van der Waals surface area contributed by atoms with Crippen molar-refractivity contribution in [1.82, 2.24) is 10.6 Å². The molecule has 0 aromatic heterocycles. The number of ether oxygens (including phenoxy) is 2. The van der Waals surface area contributed by atoms with Crippen molar-refractivity contribution in [2.45, 2.75) is 31.5 Å². The van der Waals surface area contributed by atoms with Gasteiger partial charge < -0.3 is 20.1 Å². The first-order valence-electron chi connectivity index (χ1n) is 6.71. The van der Waals surface area contributed by atoms with Gasteiger partial charge in [-0.15, -0.1) is 0 Å². The highest BCUT2D eigenvalue weighted by atomic mass is 19.4. The molecular weight excluding hydrogens is 277 g/mol. The number of hydrogen-bond acceptors (Lipinski definition) is 4. The molecule has 0 unspecified atom stereocenters. The number of piperidine rings is 1. The molecule has 0 aliphatic carbocycles. The van der Waals surface area contributed by atoms with E-state index in [9.17, 15) is 18.0 Å². The summed E-state index contributed by atoms with van der Waals surface area (Å²) < 4.78 is 45.1. The zero-order valence-corrected chi connectivity index (χ0v) is 11.3. The molecule has 20 heavy (non-hydrogen) atoms. The van der Waals surface area contributed by atoms with Gasteiger partial charge in [0.2, 0.25) is 5.91 Å². The molecule has 5 nitrogen and oxygen atoms in total. The van der Waals surface area contributed by atoms with Crippen LogP contribution in [0.2, 0.25) is 0 Å². The highest BCUT2D eigenvalue weighted by molar-refractivity contribution is 5.77. The van der Waals surface area contributed by atoms with E-state index in [4.69, 9.17) is 4.74 Å². The molecule has 0 aromatic rings. The number of amides is 1. The second-order valence-electron chi connectivity index (χ2n) is 4.63. The van der Waals surface area contributed by atoms with Gasteiger partial charge in [-0.2, -0.15) is 13.2 Å². The van der Waals surface area contributed by atoms with Gasteiger partial charge in [0.25, 0.3) is 0 Å². The van der Waals surface area contributed by atoms with Gasteiger partial charge in [0.1, 0.15) is 13.2 Å². The van der Waals surface area contributed by atoms with Crippen LogP contribution in [0.4, 0.5) is 13.2 Å². The van der Waals surface area contributed by atoms with Crippen LogP contribution in [0.3, 0.4) is 0 Å². The van der Waals surface area contributed by atoms with Crippen LogP contribution < -0.4 is 10.6 Å². The van der Waals surface area contributed by atoms with E-state index in [0.717, 1.165) is 25.9 Å². The van der Waals surface area contributed by atoms with Crippen LogP contribution in [-0.4, -0.2) is 57.6 Å². The maximum Gasteiger partial charge on any atom is 0.411 e. The van der Waals surface area contributed by atoms with E-state index >= 15 is 0 Å². The SMILES string of the molecule is O=C(COCC(F)(F)F)NCCCOC1CCNCC1. The van der Waals surface area contributed by atoms with Gasteiger partial charge in [-0.1, -0.05) is 0 Å². The normalized spacial score (nSPS) is 17.1. The Hall–Kier alpha value is -0.860. The molecule has 1 fully saturated rings. The zero-order chi connectivity index (χ0) is 14.8. The first kappa shape index (κ1) is 17.2. The Balaban J connectivity index is 1.91. The van der Waals surface area contributed by atoms with Crippen LogP contribution in [0.1, 0.15) is 19.3 Å². The molecule has 0 bridgehead atoms. The Labute approximate surface area is 116 Å². The van der Waals surface area contributed by atoms with Crippen LogP contribution in [0, 0.1) is 0 Å². The van der Waals surface area contributed by atoms with E-state index in [1.807, 2.05) is 0 Å². The molecule has 1 rings (SSSR count). The Morgan fingerprint density at radius 3 is 2.65 bits per heavy atom. The molecule has 0 radical (unpaired) electrons. The minimum Gasteiger partial charge on any atom is -0.378 e. The summed E-state index contributed by atoms with van der Waals surface area (Å²) >= 11 is 0. The maximum atomic E-state index is 11.8. The minimum atomic E-state index is -4.40. The number of nitrogens with one attached hydrogen (secondary N) is 2. The van der Waals surface area contributed by atoms with Gasteiger partial charge in [0, 0.05) is 13.2 Å². The molecule has 1 aliphatic rings. The van der Waals surface area contributed by atoms with E-state index in [1.165, 1.54) is 0 Å². The summed E-state index contributed by atoms with van der Waals surface area (Å²) in [6, 6.07) is 0. The predicted octanol–water partition coefficient (Wildman–Crippen LogP) is 0.840. The first-order chi connectivity index (χ1) is 9.47. The number of alkyl halides is 3. The zero-order valence-electron chi connectivity index (χ0n) is 11.3. The molecule has 0 aromatic carbocycles. The second-order valence-corrected chi connectivity index (χ2v) is 4.63. The Kier molecular flexibility index (Phi) is 7.86. The van der Waals surface area contributed by atoms with Crippen LogP contribution in [0.15, 0.2) is 0 Å². The third-order valence-electron chi connectivity index (χ3n) is 2.78. The van der Waals surface area contributed by atoms with Crippen LogP contribution in [0.25, 0.3) is 0 Å². The van der Waals surface area contributed by atoms with Crippen molar-refractivity contribution in [3.8, 4) is 0 Å². The molecular formula is C12H21F3N2O3. The van der Waals surface area contributed by atoms with Gasteiger partial charge in [0.15, 0.2) is 0 Å². The summed E-state index contributed by atoms with van der Waals surface area (Å²) in [5.74, 6) is -0.545. The van der Waals surface area contributed by atoms with Crippen LogP contribution in [0.5, 0.6) is 0 Å². The van der Waals surface area contributed by atoms with Crippen molar-refractivity contribution in [3.05, 3.63) is 0 Å². The molecule has 1 heterocycles. The first-order valence-corrected chi connectivity index (χ1v) is 6.71. The van der Waals surface area contributed by atoms with Gasteiger partial charge in [-0.05, 0) is 32.4 Å². The lowest BCUT2D eigenvalue weighted by Gasteiger charge is -2.22. The summed E-state index contributed by atoms with van der Waals surface area (Å²) in [5, 5.41) is 5.71. The second kappa shape index (κ2) is 9.15. The van der Waals surface area contributed by atoms with E-state index in [0.29, 0.717) is 19.6 Å². The smallest absolute Gasteiger partial charge is 0.378 e. The van der Waals surface area contributed by atoms with Crippen LogP contribution >= 0.6 is 0 Å². The van der Waals surface area contributed by atoms with Gasteiger partial charge in [-0.3, -0.25) is 4.79 Å². The van der Waals surface area contributed by atoms with Crippen molar-refractivity contribution < 1.29 is 27.4 Å². The van der Waals surface area contributed by atoms with Gasteiger partial charge in [0.05, 0.1) is 6.10 Å². The van der Waals surface area contributed by atoms with Crippen molar-refractivity contribution in [1.29, 1.82) is 0 Å². The molecule has 1 aliphatic heterocycles. The lowest BCUT2D eigenvalue weighted by Crippen LogP contribution is -2.33. The van der Waals surface area contributed by atoms with Crippen molar-refractivity contribution in [2.24, 2.45) is 0 Å². The average molecular weight is 298 g/mol. The van der Waals surface area contributed by atoms with Crippen molar-refractivity contribution >= 4 is 5.91 Å². The lowest BCUT2D eigenvalue weighted by molar-refractivity contribution is -0.175. The van der Waals surface area contributed by atoms with E-state index in [-0.39, 0.29) is 6.10 Å². The molecule has 2 N–H and O–H groups in total. The highest BCUT2D eigenvalue weighted by Gasteiger charge is 2.27. The number of carbonyl (C=O) groups excluding carboxylic acids is 1. The topological polar surface area (TPSA) is 59.6 Å². The van der Waals surface area contributed by atoms with Gasteiger partial charge in [-0.25, -0.2) is 0 Å². The summed E-state index contributed by atoms with van der Waals surface area (Å²) in [6.07, 6.45) is -1.53. The van der Waals surface area contributed by atoms with Gasteiger partial charge >= 0.3 is 6.18 Å². The lowest BCUT2D eigenvalue weighted by atomic mass is 10.1. The fraction of sp³-hybridized carbons (Fsp3) is 0.917. The number of rotatable bonds is 8. The average Bonchev–Trinajstić information content (AvgIpc) is 2.38. The standard InChI is InChI=1S/C12H21F3N2O3/c13-12(14,15)9-19-8-11(18)17-4-1-7-20-10-2-5-16-6-3-10/h10,16H,1-9H2,(H,17,18). The summed E-state index contributed by atoms with van der Waals surface area (Å²) in [6.45, 7) is 0.845. The minimum absolute atomic E-state index is 0.266. The Bertz CT molecular complexity index is 282. The fourth-order valence-electron chi connectivity index (χ4n) is 1.82. The summed E-state index contributed by atoms with van der Waals surface area (Å²) in [5.41, 5.74) is 0. The Morgan fingerprint density at radius 1 is 1.30 bits per heavy atom. The van der Waals surface area contributed by atoms with Crippen molar-refractivity contribution in [3.63, 3.8) is 0 Å². The molecule has 0 atom stereocenters. The van der Waals surface area contributed by atoms with E-state index in [1.54, 1.807) is 0 Å². The molecule has 0 saturated carbocycles. The number of carbonyl (C=O) groups is 1. The number of halogens is 3. The van der Waals surface area contributed by atoms with Crippen LogP contribution in [-0.2, 0) is 14.3 Å². The predicted molar refractivity (Wildman–Crippen MR) is 66.3 cm³/mol. The third kappa shape index (κ3) is 9.11. The Morgan fingerprint density at radius 2 is 2.00 bits per heavy atom. The molecule has 1 saturated heterocycles. The highest BCUT2D eigenvalue weighted by Crippen LogP contribution is 2.14. The fourth-order valence-corrected chi connectivity index (χ4v) is 1.82. The third-order valence-corrected chi connectivity index (χ3v) is 2.78. The largest absolute Gasteiger partial charge is 0.411 e. The number of hydrogen-bond donors (Lipinski definition) is 2. The summed E-state index contributed by atoms with van der Waals surface area (Å²) in [7, 11) is 0. The molecule has 8 heteroatoms. The summed E-state index contributed by atoms with van der Waals surface area (Å²) in [4.78, 5) is 11.1. The monoisotopic (exact) mass is 298 g/mol. The van der Waals surface area contributed by atoms with E-state index < -0.39 is 25.3 Å². The molecule has 0 spiro atoms. The molecule has 1 amide bonds.